The van der Waals surface area contributed by atoms with Crippen molar-refractivity contribution >= 4 is 23.4 Å². The van der Waals surface area contributed by atoms with Crippen LogP contribution in [0.15, 0.2) is 29.6 Å². The number of nitrogens with two attached hydrogens (primary N) is 1. The van der Waals surface area contributed by atoms with Crippen molar-refractivity contribution in [2.45, 2.75) is 11.2 Å². The minimum atomic E-state index is -0.652. The van der Waals surface area contributed by atoms with Crippen LogP contribution >= 0.6 is 11.8 Å². The molecule has 2 aromatic heterocycles. The molecule has 1 unspecified atom stereocenters. The standard InChI is InChI=1S/C10H12N4O2S/c1-16-9(15)7(11)6-17-10-13-12-8-4-2-3-5-14(8)10/h2-5,7H,6,11H2,1H3. The molecule has 2 aromatic rings. The first-order chi connectivity index (χ1) is 8.22. The molecule has 0 fully saturated rings. The third-order valence-electron chi connectivity index (χ3n) is 2.18. The molecule has 1 atom stereocenters. The number of fused-ring (bicyclic) bond motifs is 1. The van der Waals surface area contributed by atoms with Crippen molar-refractivity contribution in [3.8, 4) is 0 Å². The molecular formula is C10H12N4O2S. The highest BCUT2D eigenvalue weighted by Gasteiger charge is 2.15. The number of esters is 1. The second kappa shape index (κ2) is 5.15. The molecule has 2 N–H and O–H groups in total. The van der Waals surface area contributed by atoms with Crippen LogP contribution in [0.2, 0.25) is 0 Å². The van der Waals surface area contributed by atoms with Crippen LogP contribution in [-0.4, -0.2) is 39.5 Å². The molecule has 0 aliphatic rings. The molecule has 0 amide bonds. The second-order valence-corrected chi connectivity index (χ2v) is 4.34. The predicted molar refractivity (Wildman–Crippen MR) is 63.7 cm³/mol. The van der Waals surface area contributed by atoms with Crippen LogP contribution < -0.4 is 5.73 Å². The van der Waals surface area contributed by atoms with Gasteiger partial charge in [0.1, 0.15) is 6.04 Å². The monoisotopic (exact) mass is 252 g/mol. The van der Waals surface area contributed by atoms with Gasteiger partial charge < -0.3 is 10.5 Å². The van der Waals surface area contributed by atoms with Crippen LogP contribution in [0, 0.1) is 0 Å². The summed E-state index contributed by atoms with van der Waals surface area (Å²) in [6.07, 6.45) is 1.86. The molecule has 0 bridgehead atoms. The third-order valence-corrected chi connectivity index (χ3v) is 3.24. The Morgan fingerprint density at radius 1 is 1.59 bits per heavy atom. The Hall–Kier alpha value is -1.60. The van der Waals surface area contributed by atoms with Crippen molar-refractivity contribution in [3.63, 3.8) is 0 Å². The number of carbonyl (C=O) groups is 1. The Bertz CT molecular complexity index is 528. The van der Waals surface area contributed by atoms with E-state index >= 15 is 0 Å². The minimum Gasteiger partial charge on any atom is -0.468 e. The fourth-order valence-electron chi connectivity index (χ4n) is 1.30. The number of nitrogens with zero attached hydrogens (tertiary/aromatic N) is 3. The van der Waals surface area contributed by atoms with Gasteiger partial charge in [-0.2, -0.15) is 0 Å². The number of ether oxygens (including phenoxy) is 1. The Labute approximate surface area is 102 Å². The van der Waals surface area contributed by atoms with Gasteiger partial charge in [-0.1, -0.05) is 17.8 Å². The Balaban J connectivity index is 2.07. The maximum Gasteiger partial charge on any atom is 0.323 e. The summed E-state index contributed by atoms with van der Waals surface area (Å²) in [7, 11) is 1.32. The first-order valence-corrected chi connectivity index (χ1v) is 5.97. The quantitative estimate of drug-likeness (QED) is 0.623. The SMILES string of the molecule is COC(=O)C(N)CSc1nnc2ccccn12. The smallest absolute Gasteiger partial charge is 0.323 e. The number of hydrogen-bond donors (Lipinski definition) is 1. The van der Waals surface area contributed by atoms with E-state index in [0.29, 0.717) is 10.9 Å². The first kappa shape index (κ1) is 11.9. The molecule has 0 radical (unpaired) electrons. The third kappa shape index (κ3) is 2.56. The van der Waals surface area contributed by atoms with Gasteiger partial charge in [0.25, 0.3) is 0 Å². The highest BCUT2D eigenvalue weighted by atomic mass is 32.2. The molecular weight excluding hydrogens is 240 g/mol. The Morgan fingerprint density at radius 2 is 2.41 bits per heavy atom. The normalized spacial score (nSPS) is 12.6. The van der Waals surface area contributed by atoms with Crippen molar-refractivity contribution in [2.75, 3.05) is 12.9 Å². The van der Waals surface area contributed by atoms with Gasteiger partial charge in [-0.15, -0.1) is 10.2 Å². The largest absolute Gasteiger partial charge is 0.468 e. The van der Waals surface area contributed by atoms with Crippen molar-refractivity contribution in [1.29, 1.82) is 0 Å². The molecule has 0 spiro atoms. The lowest BCUT2D eigenvalue weighted by atomic mass is 10.4. The summed E-state index contributed by atoms with van der Waals surface area (Å²) in [6, 6.07) is 4.98. The zero-order valence-corrected chi connectivity index (χ0v) is 10.1. The van der Waals surface area contributed by atoms with Crippen LogP contribution in [0.25, 0.3) is 5.65 Å². The number of methoxy groups -OCH3 is 1. The number of thioether (sulfide) groups is 1. The summed E-state index contributed by atoms with van der Waals surface area (Å²) >= 11 is 1.37. The molecule has 6 nitrogen and oxygen atoms in total. The molecule has 90 valence electrons. The summed E-state index contributed by atoms with van der Waals surface area (Å²) < 4.78 is 6.39. The highest BCUT2D eigenvalue weighted by molar-refractivity contribution is 7.99. The van der Waals surface area contributed by atoms with Gasteiger partial charge in [-0.25, -0.2) is 0 Å². The average molecular weight is 252 g/mol. The van der Waals surface area contributed by atoms with Gasteiger partial charge in [0.05, 0.1) is 7.11 Å². The fourth-order valence-corrected chi connectivity index (χ4v) is 2.16. The van der Waals surface area contributed by atoms with Crippen molar-refractivity contribution in [3.05, 3.63) is 24.4 Å². The molecule has 0 aromatic carbocycles. The summed E-state index contributed by atoms with van der Waals surface area (Å²) in [6.45, 7) is 0. The summed E-state index contributed by atoms with van der Waals surface area (Å²) in [5, 5.41) is 8.73. The van der Waals surface area contributed by atoms with Gasteiger partial charge in [0, 0.05) is 11.9 Å². The zero-order chi connectivity index (χ0) is 12.3. The summed E-state index contributed by atoms with van der Waals surface area (Å²) in [4.78, 5) is 11.1. The lowest BCUT2D eigenvalue weighted by molar-refractivity contribution is -0.141. The molecule has 2 rings (SSSR count). The molecule has 17 heavy (non-hydrogen) atoms. The van der Waals surface area contributed by atoms with Crippen LogP contribution in [-0.2, 0) is 9.53 Å². The van der Waals surface area contributed by atoms with E-state index in [0.717, 1.165) is 5.65 Å². The van der Waals surface area contributed by atoms with Gasteiger partial charge in [-0.05, 0) is 12.1 Å². The van der Waals surface area contributed by atoms with Gasteiger partial charge in [-0.3, -0.25) is 9.20 Å². The number of aromatic nitrogens is 3. The van der Waals surface area contributed by atoms with Crippen molar-refractivity contribution in [1.82, 2.24) is 14.6 Å². The molecule has 7 heteroatoms. The van der Waals surface area contributed by atoms with E-state index < -0.39 is 12.0 Å². The van der Waals surface area contributed by atoms with E-state index in [1.165, 1.54) is 18.9 Å². The van der Waals surface area contributed by atoms with E-state index in [1.807, 2.05) is 28.8 Å². The Kier molecular flexibility index (Phi) is 3.60. The fraction of sp³-hybridized carbons (Fsp3) is 0.300. The molecule has 2 heterocycles. The van der Waals surface area contributed by atoms with E-state index in [9.17, 15) is 4.79 Å². The molecule has 0 saturated heterocycles. The lowest BCUT2D eigenvalue weighted by Gasteiger charge is -2.07. The van der Waals surface area contributed by atoms with Gasteiger partial charge in [0.2, 0.25) is 0 Å². The minimum absolute atomic E-state index is 0.405. The Morgan fingerprint density at radius 3 is 3.18 bits per heavy atom. The maximum absolute atomic E-state index is 11.1. The summed E-state index contributed by atoms with van der Waals surface area (Å²) in [5.41, 5.74) is 6.40. The highest BCUT2D eigenvalue weighted by Crippen LogP contribution is 2.17. The van der Waals surface area contributed by atoms with Crippen LogP contribution in [0.3, 0.4) is 0 Å². The van der Waals surface area contributed by atoms with Crippen LogP contribution in [0.5, 0.6) is 0 Å². The topological polar surface area (TPSA) is 82.5 Å². The number of hydrogen-bond acceptors (Lipinski definition) is 6. The van der Waals surface area contributed by atoms with E-state index in [-0.39, 0.29) is 0 Å². The predicted octanol–water partition coefficient (Wildman–Crippen LogP) is 0.322. The van der Waals surface area contributed by atoms with Crippen molar-refractivity contribution < 1.29 is 9.53 Å². The van der Waals surface area contributed by atoms with E-state index in [4.69, 9.17) is 5.73 Å². The van der Waals surface area contributed by atoms with Crippen LogP contribution in [0.1, 0.15) is 0 Å². The number of rotatable bonds is 4. The first-order valence-electron chi connectivity index (χ1n) is 4.98. The molecule has 0 aliphatic carbocycles. The molecule has 0 aliphatic heterocycles. The lowest BCUT2D eigenvalue weighted by Crippen LogP contribution is -2.33. The number of carbonyl (C=O) groups excluding carboxylic acids is 1. The van der Waals surface area contributed by atoms with E-state index in [2.05, 4.69) is 14.9 Å². The average Bonchev–Trinajstić information content (AvgIpc) is 2.78. The summed E-state index contributed by atoms with van der Waals surface area (Å²) in [5.74, 6) is -0.0196. The maximum atomic E-state index is 11.1. The van der Waals surface area contributed by atoms with E-state index in [1.54, 1.807) is 0 Å². The number of pyridine rings is 1. The van der Waals surface area contributed by atoms with Crippen LogP contribution in [0.4, 0.5) is 0 Å². The van der Waals surface area contributed by atoms with Crippen molar-refractivity contribution in [2.24, 2.45) is 5.73 Å². The molecule has 0 saturated carbocycles. The van der Waals surface area contributed by atoms with Gasteiger partial charge in [0.15, 0.2) is 10.8 Å². The van der Waals surface area contributed by atoms with Gasteiger partial charge >= 0.3 is 5.97 Å². The second-order valence-electron chi connectivity index (χ2n) is 3.35. The zero-order valence-electron chi connectivity index (χ0n) is 9.24.